The molecule has 0 aliphatic carbocycles. The smallest absolute Gasteiger partial charge is 0.243 e. The molecule has 0 spiro atoms. The Kier molecular flexibility index (Phi) is 6.21. The number of amides is 1. The Labute approximate surface area is 171 Å². The number of hydrogen-bond donors (Lipinski definition) is 1. The van der Waals surface area contributed by atoms with Gasteiger partial charge in [0.1, 0.15) is 0 Å². The van der Waals surface area contributed by atoms with Gasteiger partial charge in [-0.15, -0.1) is 0 Å². The van der Waals surface area contributed by atoms with Crippen molar-refractivity contribution in [3.63, 3.8) is 0 Å². The van der Waals surface area contributed by atoms with E-state index < -0.39 is 10.0 Å². The summed E-state index contributed by atoms with van der Waals surface area (Å²) in [6.07, 6.45) is 1.01. The van der Waals surface area contributed by atoms with Crippen molar-refractivity contribution >= 4 is 55.8 Å². The van der Waals surface area contributed by atoms with Crippen molar-refractivity contribution in [3.8, 4) is 0 Å². The molecule has 3 rings (SSSR count). The second kappa shape index (κ2) is 8.24. The third kappa shape index (κ3) is 4.57. The average molecular weight is 505 g/mol. The van der Waals surface area contributed by atoms with Gasteiger partial charge in [0.2, 0.25) is 15.9 Å². The van der Waals surface area contributed by atoms with Gasteiger partial charge in [0.15, 0.2) is 0 Å². The zero-order chi connectivity index (χ0) is 18.7. The number of nitrogens with zero attached hydrogens (tertiary/aromatic N) is 1. The topological polar surface area (TPSA) is 66.5 Å². The fourth-order valence-electron chi connectivity index (χ4n) is 2.89. The molecule has 0 radical (unpaired) electrons. The van der Waals surface area contributed by atoms with Crippen LogP contribution in [0.5, 0.6) is 0 Å². The summed E-state index contributed by atoms with van der Waals surface area (Å²) in [6, 6.07) is 13.7. The van der Waals surface area contributed by atoms with Gasteiger partial charge in [-0.05, 0) is 84.0 Å². The number of benzene rings is 2. The van der Waals surface area contributed by atoms with Crippen molar-refractivity contribution in [1.82, 2.24) is 4.31 Å². The molecule has 1 aliphatic heterocycles. The first-order chi connectivity index (χ1) is 12.4. The summed E-state index contributed by atoms with van der Waals surface area (Å²) in [5.74, 6) is -0.249. The van der Waals surface area contributed by atoms with E-state index in [4.69, 9.17) is 11.6 Å². The van der Waals surface area contributed by atoms with Crippen LogP contribution in [0.15, 0.2) is 53.4 Å². The van der Waals surface area contributed by atoms with Gasteiger partial charge in [-0.3, -0.25) is 4.79 Å². The van der Waals surface area contributed by atoms with Gasteiger partial charge in [0, 0.05) is 33.3 Å². The molecule has 1 amide bonds. The summed E-state index contributed by atoms with van der Waals surface area (Å²) >= 11 is 8.03. The van der Waals surface area contributed by atoms with Crippen LogP contribution in [0.3, 0.4) is 0 Å². The quantitative estimate of drug-likeness (QED) is 0.641. The Hall–Kier alpha value is -1.16. The van der Waals surface area contributed by atoms with E-state index in [-0.39, 0.29) is 16.7 Å². The third-order valence-corrected chi connectivity index (χ3v) is 7.27. The highest BCUT2D eigenvalue weighted by molar-refractivity contribution is 14.1. The number of hydrogen-bond acceptors (Lipinski definition) is 3. The highest BCUT2D eigenvalue weighted by Crippen LogP contribution is 2.25. The molecule has 1 saturated heterocycles. The second-order valence-corrected chi connectivity index (χ2v) is 9.75. The van der Waals surface area contributed by atoms with Crippen molar-refractivity contribution in [2.75, 3.05) is 18.4 Å². The molecule has 26 heavy (non-hydrogen) atoms. The molecule has 8 heteroatoms. The van der Waals surface area contributed by atoms with E-state index in [9.17, 15) is 13.2 Å². The number of halogens is 2. The average Bonchev–Trinajstić information content (AvgIpc) is 2.64. The predicted octanol–water partition coefficient (Wildman–Crippen LogP) is 3.98. The van der Waals surface area contributed by atoms with Crippen LogP contribution >= 0.6 is 34.2 Å². The van der Waals surface area contributed by atoms with E-state index in [2.05, 4.69) is 27.9 Å². The summed E-state index contributed by atoms with van der Waals surface area (Å²) in [6.45, 7) is 0.658. The van der Waals surface area contributed by atoms with Crippen molar-refractivity contribution < 1.29 is 13.2 Å². The summed E-state index contributed by atoms with van der Waals surface area (Å²) in [5.41, 5.74) is 0.756. The van der Waals surface area contributed by atoms with Gasteiger partial charge in [-0.1, -0.05) is 11.6 Å². The van der Waals surface area contributed by atoms with Crippen LogP contribution in [0.4, 0.5) is 5.69 Å². The van der Waals surface area contributed by atoms with E-state index >= 15 is 0 Å². The molecule has 0 unspecified atom stereocenters. The Morgan fingerprint density at radius 3 is 2.19 bits per heavy atom. The number of carbonyl (C=O) groups excluding carboxylic acids is 1. The summed E-state index contributed by atoms with van der Waals surface area (Å²) in [5, 5.41) is 3.40. The van der Waals surface area contributed by atoms with Crippen molar-refractivity contribution in [2.24, 2.45) is 5.92 Å². The largest absolute Gasteiger partial charge is 0.326 e. The standard InChI is InChI=1S/C18H18ClIN2O3S/c19-14-1-7-17(8-2-14)26(24,25)22-11-9-13(10-12-22)18(23)21-16-5-3-15(20)4-6-16/h1-8,13H,9-12H2,(H,21,23). The van der Waals surface area contributed by atoms with E-state index in [1.165, 1.54) is 16.4 Å². The minimum Gasteiger partial charge on any atom is -0.326 e. The Balaban J connectivity index is 1.60. The first-order valence-corrected chi connectivity index (χ1v) is 11.1. The fourth-order valence-corrected chi connectivity index (χ4v) is 4.85. The van der Waals surface area contributed by atoms with Gasteiger partial charge < -0.3 is 5.32 Å². The zero-order valence-corrected chi connectivity index (χ0v) is 17.6. The summed E-state index contributed by atoms with van der Waals surface area (Å²) in [4.78, 5) is 12.6. The van der Waals surface area contributed by atoms with Crippen LogP contribution in [0, 0.1) is 9.49 Å². The monoisotopic (exact) mass is 504 g/mol. The van der Waals surface area contributed by atoms with Crippen LogP contribution in [-0.4, -0.2) is 31.7 Å². The minimum absolute atomic E-state index is 0.0604. The number of nitrogens with one attached hydrogen (secondary N) is 1. The van der Waals surface area contributed by atoms with E-state index in [0.717, 1.165) is 9.26 Å². The number of anilines is 1. The Morgan fingerprint density at radius 2 is 1.62 bits per heavy atom. The van der Waals surface area contributed by atoms with Gasteiger partial charge in [0.05, 0.1) is 4.90 Å². The normalized spacial score (nSPS) is 16.4. The van der Waals surface area contributed by atoms with Crippen LogP contribution in [0.1, 0.15) is 12.8 Å². The van der Waals surface area contributed by atoms with Gasteiger partial charge >= 0.3 is 0 Å². The van der Waals surface area contributed by atoms with Crippen molar-refractivity contribution in [2.45, 2.75) is 17.7 Å². The van der Waals surface area contributed by atoms with Gasteiger partial charge in [-0.25, -0.2) is 8.42 Å². The molecule has 1 aliphatic rings. The molecule has 0 bridgehead atoms. The first kappa shape index (κ1) is 19.6. The molecular weight excluding hydrogens is 487 g/mol. The first-order valence-electron chi connectivity index (χ1n) is 8.18. The third-order valence-electron chi connectivity index (χ3n) is 4.39. The van der Waals surface area contributed by atoms with Crippen LogP contribution in [0.25, 0.3) is 0 Å². The minimum atomic E-state index is -3.55. The molecule has 138 valence electrons. The number of sulfonamides is 1. The zero-order valence-electron chi connectivity index (χ0n) is 13.9. The lowest BCUT2D eigenvalue weighted by molar-refractivity contribution is -0.120. The van der Waals surface area contributed by atoms with Gasteiger partial charge in [-0.2, -0.15) is 4.31 Å². The maximum atomic E-state index is 12.7. The number of piperidine rings is 1. The van der Waals surface area contributed by atoms with Gasteiger partial charge in [0.25, 0.3) is 0 Å². The fraction of sp³-hybridized carbons (Fsp3) is 0.278. The summed E-state index contributed by atoms with van der Waals surface area (Å²) in [7, 11) is -3.55. The van der Waals surface area contributed by atoms with E-state index in [0.29, 0.717) is 31.0 Å². The molecule has 2 aromatic carbocycles. The van der Waals surface area contributed by atoms with Crippen molar-refractivity contribution in [1.29, 1.82) is 0 Å². The van der Waals surface area contributed by atoms with Crippen LogP contribution in [0.2, 0.25) is 5.02 Å². The Bertz CT molecular complexity index is 878. The maximum absolute atomic E-state index is 12.7. The molecule has 1 heterocycles. The highest BCUT2D eigenvalue weighted by atomic mass is 127. The number of rotatable bonds is 4. The molecule has 0 aromatic heterocycles. The Morgan fingerprint density at radius 1 is 1.04 bits per heavy atom. The lowest BCUT2D eigenvalue weighted by Crippen LogP contribution is -2.41. The molecular formula is C18H18ClIN2O3S. The second-order valence-electron chi connectivity index (χ2n) is 6.13. The predicted molar refractivity (Wildman–Crippen MR) is 111 cm³/mol. The summed E-state index contributed by atoms with van der Waals surface area (Å²) < 4.78 is 27.9. The highest BCUT2D eigenvalue weighted by Gasteiger charge is 2.32. The van der Waals surface area contributed by atoms with E-state index in [1.807, 2.05) is 24.3 Å². The number of carbonyl (C=O) groups is 1. The lowest BCUT2D eigenvalue weighted by atomic mass is 9.97. The van der Waals surface area contributed by atoms with E-state index in [1.54, 1.807) is 12.1 Å². The van der Waals surface area contributed by atoms with Crippen LogP contribution in [-0.2, 0) is 14.8 Å². The SMILES string of the molecule is O=C(Nc1ccc(I)cc1)C1CCN(S(=O)(=O)c2ccc(Cl)cc2)CC1. The molecule has 1 N–H and O–H groups in total. The van der Waals surface area contributed by atoms with Crippen LogP contribution < -0.4 is 5.32 Å². The lowest BCUT2D eigenvalue weighted by Gasteiger charge is -2.30. The molecule has 2 aromatic rings. The molecule has 0 atom stereocenters. The van der Waals surface area contributed by atoms with Crippen molar-refractivity contribution in [3.05, 3.63) is 57.1 Å². The maximum Gasteiger partial charge on any atom is 0.243 e. The molecule has 5 nitrogen and oxygen atoms in total. The molecule has 1 fully saturated rings. The molecule has 0 saturated carbocycles.